The van der Waals surface area contributed by atoms with E-state index in [0.29, 0.717) is 55.6 Å². The number of carbonyl (C=O) groups excluding carboxylic acids is 2. The number of benzene rings is 2. The summed E-state index contributed by atoms with van der Waals surface area (Å²) < 4.78 is 51.5. The molecular weight excluding hydrogens is 435 g/mol. The third-order valence-electron chi connectivity index (χ3n) is 6.66. The number of Topliss-reactive ketones (excluding diaryl/α,β-unsaturated/α-hetero) is 1. The summed E-state index contributed by atoms with van der Waals surface area (Å²) in [6.45, 7) is 0.296. The van der Waals surface area contributed by atoms with Crippen molar-refractivity contribution in [1.82, 2.24) is 0 Å². The van der Waals surface area contributed by atoms with Gasteiger partial charge in [0.25, 0.3) is 0 Å². The van der Waals surface area contributed by atoms with E-state index in [-0.39, 0.29) is 23.9 Å². The number of amides is 1. The van der Waals surface area contributed by atoms with Crippen LogP contribution in [0.4, 0.5) is 18.9 Å². The Labute approximate surface area is 190 Å². The highest BCUT2D eigenvalue weighted by Crippen LogP contribution is 2.45. The molecule has 5 nitrogen and oxygen atoms in total. The normalized spacial score (nSPS) is 19.2. The molecule has 1 atom stereocenters. The molecule has 33 heavy (non-hydrogen) atoms. The SMILES string of the molecule is COc1ccc(CO[C@H](c2ccc(N3CCC4(CCC(=O)CC4)C3=O)cc2)C(F)(F)F)cc1. The van der Waals surface area contributed by atoms with Crippen molar-refractivity contribution in [2.24, 2.45) is 5.41 Å². The van der Waals surface area contributed by atoms with Gasteiger partial charge in [0.2, 0.25) is 5.91 Å². The van der Waals surface area contributed by atoms with E-state index < -0.39 is 17.7 Å². The van der Waals surface area contributed by atoms with E-state index in [1.165, 1.54) is 31.4 Å². The molecule has 2 aromatic carbocycles. The highest BCUT2D eigenvalue weighted by atomic mass is 19.4. The lowest BCUT2D eigenvalue weighted by Crippen LogP contribution is -2.37. The van der Waals surface area contributed by atoms with Crippen molar-refractivity contribution in [3.8, 4) is 5.75 Å². The molecule has 4 rings (SSSR count). The number of hydrogen-bond donors (Lipinski definition) is 0. The second-order valence-corrected chi connectivity index (χ2v) is 8.70. The number of ketones is 1. The first-order valence-corrected chi connectivity index (χ1v) is 11.0. The van der Waals surface area contributed by atoms with Crippen LogP contribution < -0.4 is 9.64 Å². The molecule has 0 radical (unpaired) electrons. The maximum atomic E-state index is 13.7. The summed E-state index contributed by atoms with van der Waals surface area (Å²) in [6, 6.07) is 12.4. The van der Waals surface area contributed by atoms with Gasteiger partial charge in [-0.15, -0.1) is 0 Å². The molecule has 1 saturated carbocycles. The van der Waals surface area contributed by atoms with Crippen molar-refractivity contribution >= 4 is 17.4 Å². The summed E-state index contributed by atoms with van der Waals surface area (Å²) in [5.41, 5.74) is 0.626. The maximum absolute atomic E-state index is 13.7. The highest BCUT2D eigenvalue weighted by molar-refractivity contribution is 6.01. The van der Waals surface area contributed by atoms with Gasteiger partial charge < -0.3 is 14.4 Å². The molecule has 2 aliphatic rings. The Morgan fingerprint density at radius 1 is 0.970 bits per heavy atom. The van der Waals surface area contributed by atoms with Crippen molar-refractivity contribution in [2.75, 3.05) is 18.6 Å². The van der Waals surface area contributed by atoms with Gasteiger partial charge in [-0.2, -0.15) is 13.2 Å². The topological polar surface area (TPSA) is 55.8 Å². The summed E-state index contributed by atoms with van der Waals surface area (Å²) in [7, 11) is 1.51. The van der Waals surface area contributed by atoms with Crippen LogP contribution in [0.3, 0.4) is 0 Å². The molecule has 2 aromatic rings. The van der Waals surface area contributed by atoms with Crippen LogP contribution in [0.15, 0.2) is 48.5 Å². The Bertz CT molecular complexity index is 992. The Kier molecular flexibility index (Phi) is 6.47. The quantitative estimate of drug-likeness (QED) is 0.580. The molecule has 2 fully saturated rings. The van der Waals surface area contributed by atoms with Crippen molar-refractivity contribution in [2.45, 2.75) is 51.0 Å². The van der Waals surface area contributed by atoms with Gasteiger partial charge in [-0.1, -0.05) is 24.3 Å². The number of rotatable bonds is 6. The van der Waals surface area contributed by atoms with Gasteiger partial charge in [0, 0.05) is 25.1 Å². The molecule has 176 valence electrons. The zero-order chi connectivity index (χ0) is 23.6. The summed E-state index contributed by atoms with van der Waals surface area (Å²) in [4.78, 5) is 26.3. The lowest BCUT2D eigenvalue weighted by atomic mass is 9.72. The third kappa shape index (κ3) is 4.90. The van der Waals surface area contributed by atoms with Crippen molar-refractivity contribution in [1.29, 1.82) is 0 Å². The second kappa shape index (κ2) is 9.17. The monoisotopic (exact) mass is 461 g/mol. The molecule has 1 aliphatic heterocycles. The molecule has 8 heteroatoms. The standard InChI is InChI=1S/C25H26F3NO4/c1-32-21-8-2-17(3-9-21)16-33-22(25(26,27)28)18-4-6-19(7-5-18)29-15-14-24(23(29)31)12-10-20(30)11-13-24/h2-9,22H,10-16H2,1H3/t22-/m1/s1. The van der Waals surface area contributed by atoms with Crippen LogP contribution in [0.25, 0.3) is 0 Å². The van der Waals surface area contributed by atoms with E-state index in [0.717, 1.165) is 0 Å². The Morgan fingerprint density at radius 3 is 2.18 bits per heavy atom. The molecule has 1 spiro atoms. The lowest BCUT2D eigenvalue weighted by molar-refractivity contribution is -0.227. The molecule has 0 N–H and O–H groups in total. The fourth-order valence-electron chi connectivity index (χ4n) is 4.65. The van der Waals surface area contributed by atoms with Crippen LogP contribution in [0.5, 0.6) is 5.75 Å². The van der Waals surface area contributed by atoms with Crippen molar-refractivity contribution in [3.05, 3.63) is 59.7 Å². The molecule has 0 unspecified atom stereocenters. The van der Waals surface area contributed by atoms with Gasteiger partial charge in [0.05, 0.1) is 19.1 Å². The average molecular weight is 461 g/mol. The number of alkyl halides is 3. The lowest BCUT2D eigenvalue weighted by Gasteiger charge is -2.31. The van der Waals surface area contributed by atoms with Crippen LogP contribution in [-0.4, -0.2) is 31.5 Å². The van der Waals surface area contributed by atoms with E-state index >= 15 is 0 Å². The number of carbonyl (C=O) groups is 2. The average Bonchev–Trinajstić information content (AvgIpc) is 3.12. The maximum Gasteiger partial charge on any atom is 0.418 e. The van der Waals surface area contributed by atoms with Crippen molar-refractivity contribution < 1.29 is 32.2 Å². The van der Waals surface area contributed by atoms with E-state index in [1.807, 2.05) is 0 Å². The van der Waals surface area contributed by atoms with Crippen LogP contribution in [-0.2, 0) is 20.9 Å². The zero-order valence-corrected chi connectivity index (χ0v) is 18.4. The number of hydrogen-bond acceptors (Lipinski definition) is 4. The smallest absolute Gasteiger partial charge is 0.418 e. The largest absolute Gasteiger partial charge is 0.497 e. The fourth-order valence-corrected chi connectivity index (χ4v) is 4.65. The van der Waals surface area contributed by atoms with Crippen LogP contribution in [0.1, 0.15) is 49.3 Å². The fraction of sp³-hybridized carbons (Fsp3) is 0.440. The van der Waals surface area contributed by atoms with E-state index in [4.69, 9.17) is 9.47 Å². The number of nitrogens with zero attached hydrogens (tertiary/aromatic N) is 1. The van der Waals surface area contributed by atoms with Gasteiger partial charge >= 0.3 is 6.18 Å². The van der Waals surface area contributed by atoms with Crippen LogP contribution in [0.2, 0.25) is 0 Å². The second-order valence-electron chi connectivity index (χ2n) is 8.70. The number of halogens is 3. The number of methoxy groups -OCH3 is 1. The first-order chi connectivity index (χ1) is 15.7. The molecule has 0 aromatic heterocycles. The van der Waals surface area contributed by atoms with Gasteiger partial charge in [-0.25, -0.2) is 0 Å². The molecular formula is C25H26F3NO4. The van der Waals surface area contributed by atoms with E-state index in [9.17, 15) is 22.8 Å². The molecule has 1 aliphatic carbocycles. The Balaban J connectivity index is 1.46. The summed E-state index contributed by atoms with van der Waals surface area (Å²) in [6.07, 6.45) is -4.08. The predicted molar refractivity (Wildman–Crippen MR) is 116 cm³/mol. The molecule has 1 heterocycles. The van der Waals surface area contributed by atoms with E-state index in [2.05, 4.69) is 0 Å². The first kappa shape index (κ1) is 23.3. The Hall–Kier alpha value is -2.87. The third-order valence-corrected chi connectivity index (χ3v) is 6.66. The van der Waals surface area contributed by atoms with Crippen LogP contribution >= 0.6 is 0 Å². The summed E-state index contributed by atoms with van der Waals surface area (Å²) in [5.74, 6) is 0.759. The predicted octanol–water partition coefficient (Wildman–Crippen LogP) is 5.38. The number of ether oxygens (including phenoxy) is 2. The molecule has 0 bridgehead atoms. The minimum Gasteiger partial charge on any atom is -0.497 e. The summed E-state index contributed by atoms with van der Waals surface area (Å²) in [5, 5.41) is 0. The van der Waals surface area contributed by atoms with Crippen LogP contribution in [0, 0.1) is 5.41 Å². The molecule has 1 saturated heterocycles. The first-order valence-electron chi connectivity index (χ1n) is 11.0. The highest BCUT2D eigenvalue weighted by Gasteiger charge is 2.48. The van der Waals surface area contributed by atoms with Gasteiger partial charge in [-0.3, -0.25) is 9.59 Å². The van der Waals surface area contributed by atoms with Crippen molar-refractivity contribution in [3.63, 3.8) is 0 Å². The number of anilines is 1. The minimum absolute atomic E-state index is 0.0237. The van der Waals surface area contributed by atoms with Gasteiger partial charge in [0.15, 0.2) is 6.10 Å². The minimum atomic E-state index is -4.59. The molecule has 1 amide bonds. The Morgan fingerprint density at radius 2 is 1.61 bits per heavy atom. The van der Waals surface area contributed by atoms with E-state index in [1.54, 1.807) is 29.2 Å². The van der Waals surface area contributed by atoms with Gasteiger partial charge in [-0.05, 0) is 54.7 Å². The van der Waals surface area contributed by atoms with Gasteiger partial charge in [0.1, 0.15) is 11.5 Å². The summed E-state index contributed by atoms with van der Waals surface area (Å²) >= 11 is 0. The zero-order valence-electron chi connectivity index (χ0n) is 18.4.